The highest BCUT2D eigenvalue weighted by atomic mass is 35.5. The Bertz CT molecular complexity index is 1280. The third-order valence-electron chi connectivity index (χ3n) is 6.26. The summed E-state index contributed by atoms with van der Waals surface area (Å²) in [7, 11) is 1.63. The number of benzene rings is 2. The number of nitrogens with zero attached hydrogens (tertiary/aromatic N) is 2. The van der Waals surface area contributed by atoms with E-state index in [1.54, 1.807) is 7.11 Å². The van der Waals surface area contributed by atoms with E-state index in [0.717, 1.165) is 46.1 Å². The minimum Gasteiger partial charge on any atom is -0.497 e. The number of aliphatic carboxylic acids is 2. The van der Waals surface area contributed by atoms with E-state index >= 15 is 0 Å². The number of carboxylic acid groups (broad SMARTS) is 2. The van der Waals surface area contributed by atoms with Gasteiger partial charge in [-0.2, -0.15) is 0 Å². The molecule has 0 aliphatic heterocycles. The number of rotatable bonds is 17. The lowest BCUT2D eigenvalue weighted by atomic mass is 10.1. The Morgan fingerprint density at radius 2 is 1.85 bits per heavy atom. The Kier molecular flexibility index (Phi) is 11.5. The van der Waals surface area contributed by atoms with E-state index in [1.807, 2.05) is 36.4 Å². The van der Waals surface area contributed by atoms with Crippen LogP contribution in [0.1, 0.15) is 19.8 Å². The molecule has 6 N–H and O–H groups in total. The number of aromatic nitrogens is 1. The summed E-state index contributed by atoms with van der Waals surface area (Å²) in [5.41, 5.74) is 2.59. The molecule has 0 saturated heterocycles. The molecule has 0 spiro atoms. The van der Waals surface area contributed by atoms with Crippen LogP contribution in [-0.2, 0) is 9.59 Å². The summed E-state index contributed by atoms with van der Waals surface area (Å²) in [6.45, 7) is 2.79. The minimum atomic E-state index is -1.07. The number of hydrogen-bond donors (Lipinski definition) is 6. The zero-order valence-corrected chi connectivity index (χ0v) is 22.9. The number of anilines is 1. The van der Waals surface area contributed by atoms with Gasteiger partial charge in [0.15, 0.2) is 0 Å². The maximum atomic E-state index is 11.2. The van der Waals surface area contributed by atoms with Crippen molar-refractivity contribution in [3.63, 3.8) is 0 Å². The van der Waals surface area contributed by atoms with Gasteiger partial charge in [0.1, 0.15) is 12.0 Å². The van der Waals surface area contributed by atoms with E-state index in [4.69, 9.17) is 31.5 Å². The second-order valence-corrected chi connectivity index (χ2v) is 9.77. The highest BCUT2D eigenvalue weighted by molar-refractivity contribution is 6.31. The van der Waals surface area contributed by atoms with E-state index in [-0.39, 0.29) is 38.8 Å². The van der Waals surface area contributed by atoms with Crippen molar-refractivity contribution in [3.05, 3.63) is 41.4 Å². The third-order valence-corrected chi connectivity index (χ3v) is 6.50. The van der Waals surface area contributed by atoms with Gasteiger partial charge in [0.05, 0.1) is 36.9 Å². The highest BCUT2D eigenvalue weighted by Gasteiger charge is 2.18. The number of fused-ring (bicyclic) bond motifs is 2. The summed E-state index contributed by atoms with van der Waals surface area (Å²) in [4.78, 5) is 27.9. The molecule has 2 atom stereocenters. The van der Waals surface area contributed by atoms with Crippen molar-refractivity contribution in [1.82, 2.24) is 20.5 Å². The number of aliphatic hydroxyl groups is 1. The first-order valence-electron chi connectivity index (χ1n) is 12.8. The lowest BCUT2D eigenvalue weighted by Crippen LogP contribution is -2.47. The molecule has 1 heterocycles. The lowest BCUT2D eigenvalue weighted by Gasteiger charge is -2.26. The van der Waals surface area contributed by atoms with Crippen LogP contribution < -0.4 is 20.7 Å². The van der Waals surface area contributed by atoms with Gasteiger partial charge < -0.3 is 36.0 Å². The Labute approximate surface area is 232 Å². The number of carbonyl (C=O) groups is 2. The van der Waals surface area contributed by atoms with Crippen molar-refractivity contribution >= 4 is 51.0 Å². The SMILES string of the molecule is COc1ccc2nc3cc(Cl)ccc3c(NC(C)CCCNCC(O)N(CCNCC(=O)O)CC(=O)O)c2c1. The molecule has 0 bridgehead atoms. The van der Waals surface area contributed by atoms with E-state index in [0.29, 0.717) is 11.6 Å². The quantitative estimate of drug-likeness (QED) is 0.0817. The van der Waals surface area contributed by atoms with Crippen molar-refractivity contribution < 1.29 is 29.6 Å². The molecule has 11 nitrogen and oxygen atoms in total. The van der Waals surface area contributed by atoms with Crippen LogP contribution in [0.15, 0.2) is 36.4 Å². The molecular formula is C27H36ClN5O6. The molecule has 0 amide bonds. The van der Waals surface area contributed by atoms with Crippen molar-refractivity contribution in [1.29, 1.82) is 0 Å². The zero-order chi connectivity index (χ0) is 28.4. The van der Waals surface area contributed by atoms with Gasteiger partial charge in [-0.1, -0.05) is 11.6 Å². The number of methoxy groups -OCH3 is 1. The molecule has 212 valence electrons. The predicted molar refractivity (Wildman–Crippen MR) is 152 cm³/mol. The molecular weight excluding hydrogens is 526 g/mol. The first-order valence-corrected chi connectivity index (χ1v) is 13.2. The van der Waals surface area contributed by atoms with E-state index in [1.165, 1.54) is 4.90 Å². The average molecular weight is 562 g/mol. The average Bonchev–Trinajstić information content (AvgIpc) is 2.89. The molecule has 2 aromatic carbocycles. The molecule has 2 unspecified atom stereocenters. The van der Waals surface area contributed by atoms with E-state index in [9.17, 15) is 14.7 Å². The van der Waals surface area contributed by atoms with Crippen molar-refractivity contribution in [2.24, 2.45) is 0 Å². The number of ether oxygens (including phenoxy) is 1. The molecule has 0 aliphatic rings. The summed E-state index contributed by atoms with van der Waals surface area (Å²) in [5, 5.41) is 40.3. The summed E-state index contributed by atoms with van der Waals surface area (Å²) in [5.74, 6) is -1.32. The highest BCUT2D eigenvalue weighted by Crippen LogP contribution is 2.34. The van der Waals surface area contributed by atoms with Gasteiger partial charge in [-0.15, -0.1) is 0 Å². The third kappa shape index (κ3) is 9.19. The van der Waals surface area contributed by atoms with Gasteiger partial charge >= 0.3 is 11.9 Å². The second kappa shape index (κ2) is 14.8. The largest absolute Gasteiger partial charge is 0.497 e. The lowest BCUT2D eigenvalue weighted by molar-refractivity contribution is -0.141. The molecule has 3 aromatic rings. The fraction of sp³-hybridized carbons (Fsp3) is 0.444. The Balaban J connectivity index is 1.55. The molecule has 39 heavy (non-hydrogen) atoms. The van der Waals surface area contributed by atoms with Crippen molar-refractivity contribution in [3.8, 4) is 5.75 Å². The summed E-state index contributed by atoms with van der Waals surface area (Å²) in [6, 6.07) is 11.5. The van der Waals surface area contributed by atoms with Crippen molar-refractivity contribution in [2.45, 2.75) is 32.0 Å². The molecule has 0 fully saturated rings. The van der Waals surface area contributed by atoms with Crippen molar-refractivity contribution in [2.75, 3.05) is 51.7 Å². The van der Waals surface area contributed by atoms with E-state index in [2.05, 4.69) is 22.9 Å². The Morgan fingerprint density at radius 3 is 2.56 bits per heavy atom. The van der Waals surface area contributed by atoms with Crippen LogP contribution in [0.4, 0.5) is 5.69 Å². The maximum absolute atomic E-state index is 11.2. The monoisotopic (exact) mass is 561 g/mol. The zero-order valence-electron chi connectivity index (χ0n) is 22.1. The van der Waals surface area contributed by atoms with Gasteiger partial charge in [-0.05, 0) is 62.7 Å². The van der Waals surface area contributed by atoms with Crippen LogP contribution in [0.3, 0.4) is 0 Å². The number of nitrogens with one attached hydrogen (secondary N) is 3. The molecule has 0 radical (unpaired) electrons. The predicted octanol–water partition coefficient (Wildman–Crippen LogP) is 2.60. The van der Waals surface area contributed by atoms with E-state index < -0.39 is 18.2 Å². The number of halogens is 1. The van der Waals surface area contributed by atoms with Gasteiger partial charge in [0, 0.05) is 41.5 Å². The van der Waals surface area contributed by atoms with Gasteiger partial charge in [0.25, 0.3) is 0 Å². The maximum Gasteiger partial charge on any atom is 0.317 e. The fourth-order valence-corrected chi connectivity index (χ4v) is 4.48. The van der Waals surface area contributed by atoms with Crippen LogP contribution in [0.25, 0.3) is 21.8 Å². The number of aliphatic hydroxyl groups excluding tert-OH is 1. The number of carboxylic acids is 2. The molecule has 3 rings (SSSR count). The second-order valence-electron chi connectivity index (χ2n) is 9.34. The van der Waals surface area contributed by atoms with Gasteiger partial charge in [-0.25, -0.2) is 4.98 Å². The number of pyridine rings is 1. The van der Waals surface area contributed by atoms with Gasteiger partial charge in [0.2, 0.25) is 0 Å². The van der Waals surface area contributed by atoms with Crippen LogP contribution >= 0.6 is 11.6 Å². The topological polar surface area (TPSA) is 156 Å². The first kappa shape index (κ1) is 30.3. The summed E-state index contributed by atoms with van der Waals surface area (Å²) in [6.07, 6.45) is 0.639. The summed E-state index contributed by atoms with van der Waals surface area (Å²) < 4.78 is 5.43. The first-order chi connectivity index (χ1) is 18.7. The minimum absolute atomic E-state index is 0.122. The Morgan fingerprint density at radius 1 is 1.05 bits per heavy atom. The molecule has 12 heteroatoms. The molecule has 0 saturated carbocycles. The standard InChI is InChI=1S/C27H36ClN5O6/c1-17(4-3-9-29-14-24(34)33(16-26(37)38)11-10-30-15-25(35)36)31-27-20-7-5-18(28)12-23(20)32-22-8-6-19(39-2)13-21(22)27/h5-8,12-13,17,24,29-30,34H,3-4,9-11,14-16H2,1-2H3,(H,31,32)(H,35,36)(H,37,38). The molecule has 0 aliphatic carbocycles. The van der Waals surface area contributed by atoms with Crippen LogP contribution in [0.2, 0.25) is 5.02 Å². The Hall–Kier alpha value is -3.22. The van der Waals surface area contributed by atoms with Crippen LogP contribution in [0.5, 0.6) is 5.75 Å². The normalized spacial score (nSPS) is 13.1. The van der Waals surface area contributed by atoms with Gasteiger partial charge in [-0.3, -0.25) is 14.5 Å². The van der Waals surface area contributed by atoms with Crippen LogP contribution in [0, 0.1) is 0 Å². The fourth-order valence-electron chi connectivity index (χ4n) is 4.32. The molecule has 1 aromatic heterocycles. The summed E-state index contributed by atoms with van der Waals surface area (Å²) >= 11 is 6.22. The smallest absolute Gasteiger partial charge is 0.317 e. The van der Waals surface area contributed by atoms with Crippen LogP contribution in [-0.4, -0.2) is 95.8 Å². The number of hydrogen-bond acceptors (Lipinski definition) is 9.